The summed E-state index contributed by atoms with van der Waals surface area (Å²) in [5, 5.41) is 10.3. The minimum atomic E-state index is -3.74. The molecule has 3 amide bonds. The molecule has 4 rings (SSSR count). The molecule has 0 spiro atoms. The van der Waals surface area contributed by atoms with Gasteiger partial charge in [-0.1, -0.05) is 0 Å². The van der Waals surface area contributed by atoms with Gasteiger partial charge in [0, 0.05) is 36.3 Å². The number of amides is 3. The van der Waals surface area contributed by atoms with Gasteiger partial charge in [-0.05, 0) is 54.6 Å². The summed E-state index contributed by atoms with van der Waals surface area (Å²) >= 11 is 2.65. The molecule has 1 saturated heterocycles. The number of carbonyl (C=O) groups is 2. The van der Waals surface area contributed by atoms with Crippen LogP contribution >= 0.6 is 22.7 Å². The van der Waals surface area contributed by atoms with Gasteiger partial charge in [-0.25, -0.2) is 18.2 Å². The van der Waals surface area contributed by atoms with Crippen LogP contribution in [0.4, 0.5) is 20.6 Å². The maximum Gasteiger partial charge on any atom is 0.322 e. The molecule has 1 fully saturated rings. The lowest BCUT2D eigenvalue weighted by molar-refractivity contribution is -0.121. The summed E-state index contributed by atoms with van der Waals surface area (Å²) in [4.78, 5) is 30.6. The number of nitrogens with zero attached hydrogens (tertiary/aromatic N) is 2. The molecule has 12 heteroatoms. The van der Waals surface area contributed by atoms with E-state index in [9.17, 15) is 18.0 Å². The summed E-state index contributed by atoms with van der Waals surface area (Å²) in [7, 11) is -3.74. The number of carbonyl (C=O) groups excluding carboxylic acids is 2. The number of urea groups is 1. The van der Waals surface area contributed by atoms with E-state index in [0.29, 0.717) is 31.6 Å². The van der Waals surface area contributed by atoms with Crippen LogP contribution in [-0.2, 0) is 14.8 Å². The van der Waals surface area contributed by atoms with Crippen molar-refractivity contribution in [2.45, 2.75) is 17.7 Å². The highest BCUT2D eigenvalue weighted by Crippen LogP contribution is 2.23. The highest BCUT2D eigenvalue weighted by Gasteiger charge is 2.27. The van der Waals surface area contributed by atoms with Gasteiger partial charge < -0.3 is 10.2 Å². The monoisotopic (exact) mass is 491 g/mol. The molecule has 9 nitrogen and oxygen atoms in total. The minimum Gasteiger partial charge on any atom is -0.326 e. The van der Waals surface area contributed by atoms with E-state index in [0.717, 1.165) is 5.00 Å². The number of nitrogens with one attached hydrogen (secondary N) is 3. The SMILES string of the molecule is O=C(Nc1ccc(S(=O)(=O)Nc2nccs2)cc1)C1CCN(C(=O)Nc2cccs2)CC1. The predicted octanol–water partition coefficient (Wildman–Crippen LogP) is 3.89. The molecular formula is C20H21N5O4S3. The van der Waals surface area contributed by atoms with Gasteiger partial charge in [0.25, 0.3) is 10.0 Å². The third kappa shape index (κ3) is 5.44. The fraction of sp³-hybridized carbons (Fsp3) is 0.250. The van der Waals surface area contributed by atoms with Gasteiger partial charge in [0.05, 0.1) is 9.90 Å². The topological polar surface area (TPSA) is 120 Å². The van der Waals surface area contributed by atoms with E-state index < -0.39 is 10.0 Å². The number of hydrogen-bond acceptors (Lipinski definition) is 7. The van der Waals surface area contributed by atoms with Crippen molar-refractivity contribution < 1.29 is 18.0 Å². The third-order valence-electron chi connectivity index (χ3n) is 4.99. The van der Waals surface area contributed by atoms with Gasteiger partial charge in [-0.2, -0.15) is 0 Å². The average molecular weight is 492 g/mol. The molecule has 168 valence electrons. The molecule has 0 saturated carbocycles. The molecule has 1 aromatic carbocycles. The van der Waals surface area contributed by atoms with Crippen LogP contribution in [0.2, 0.25) is 0 Å². The van der Waals surface area contributed by atoms with Crippen LogP contribution in [0, 0.1) is 5.92 Å². The Bertz CT molecular complexity index is 1150. The first-order chi connectivity index (χ1) is 15.4. The Morgan fingerprint density at radius 2 is 1.75 bits per heavy atom. The Balaban J connectivity index is 1.28. The molecule has 0 atom stereocenters. The first-order valence-electron chi connectivity index (χ1n) is 9.83. The number of rotatable bonds is 6. The minimum absolute atomic E-state index is 0.0794. The molecule has 0 bridgehead atoms. The highest BCUT2D eigenvalue weighted by molar-refractivity contribution is 7.93. The van der Waals surface area contributed by atoms with Crippen molar-refractivity contribution >= 4 is 60.5 Å². The number of sulfonamides is 1. The summed E-state index contributed by atoms with van der Waals surface area (Å²) < 4.78 is 27.2. The lowest BCUT2D eigenvalue weighted by Gasteiger charge is -2.31. The van der Waals surface area contributed by atoms with Crippen molar-refractivity contribution in [3.63, 3.8) is 0 Å². The van der Waals surface area contributed by atoms with Crippen molar-refractivity contribution in [2.24, 2.45) is 5.92 Å². The zero-order chi connectivity index (χ0) is 22.6. The van der Waals surface area contributed by atoms with E-state index in [1.807, 2.05) is 17.5 Å². The summed E-state index contributed by atoms with van der Waals surface area (Å²) in [6.07, 6.45) is 2.64. The third-order valence-corrected chi connectivity index (χ3v) is 7.95. The summed E-state index contributed by atoms with van der Waals surface area (Å²) in [6, 6.07) is 9.53. The molecule has 0 unspecified atom stereocenters. The Morgan fingerprint density at radius 3 is 2.38 bits per heavy atom. The van der Waals surface area contributed by atoms with Crippen molar-refractivity contribution in [1.82, 2.24) is 9.88 Å². The number of thiophene rings is 1. The van der Waals surface area contributed by atoms with Crippen LogP contribution in [0.25, 0.3) is 0 Å². The largest absolute Gasteiger partial charge is 0.326 e. The molecule has 1 aliphatic heterocycles. The van der Waals surface area contributed by atoms with Crippen molar-refractivity contribution in [2.75, 3.05) is 28.4 Å². The molecule has 0 aliphatic carbocycles. The maximum atomic E-state index is 12.6. The first-order valence-corrected chi connectivity index (χ1v) is 13.1. The molecule has 3 aromatic rings. The fourth-order valence-electron chi connectivity index (χ4n) is 3.29. The molecule has 3 N–H and O–H groups in total. The van der Waals surface area contributed by atoms with Crippen molar-refractivity contribution in [3.8, 4) is 0 Å². The standard InChI is InChI=1S/C20H21N5O4S3/c26-18(14-7-10-25(11-8-14)20(27)23-17-2-1-12-30-17)22-15-3-5-16(6-4-15)32(28,29)24-19-21-9-13-31-19/h1-6,9,12-14H,7-8,10-11H2,(H,21,24)(H,22,26)(H,23,27). The average Bonchev–Trinajstić information content (AvgIpc) is 3.48. The van der Waals surface area contributed by atoms with E-state index in [2.05, 4.69) is 20.3 Å². The fourth-order valence-corrected chi connectivity index (χ4v) is 5.68. The smallest absolute Gasteiger partial charge is 0.322 e. The van der Waals surface area contributed by atoms with Crippen LogP contribution in [0.3, 0.4) is 0 Å². The number of thiazole rings is 1. The molecule has 2 aromatic heterocycles. The number of benzene rings is 1. The lowest BCUT2D eigenvalue weighted by Crippen LogP contribution is -2.43. The van der Waals surface area contributed by atoms with Crippen LogP contribution in [-0.4, -0.2) is 43.3 Å². The van der Waals surface area contributed by atoms with Gasteiger partial charge in [-0.15, -0.1) is 22.7 Å². The molecule has 32 heavy (non-hydrogen) atoms. The second-order valence-electron chi connectivity index (χ2n) is 7.13. The number of likely N-dealkylation sites (tertiary alicyclic amines) is 1. The second-order valence-corrected chi connectivity index (χ2v) is 10.6. The van der Waals surface area contributed by atoms with Gasteiger partial charge in [0.15, 0.2) is 5.13 Å². The van der Waals surface area contributed by atoms with E-state index in [-0.39, 0.29) is 27.9 Å². The lowest BCUT2D eigenvalue weighted by atomic mass is 9.96. The van der Waals surface area contributed by atoms with E-state index in [4.69, 9.17) is 0 Å². The Morgan fingerprint density at radius 1 is 1.00 bits per heavy atom. The maximum absolute atomic E-state index is 12.6. The quantitative estimate of drug-likeness (QED) is 0.483. The van der Waals surface area contributed by atoms with Crippen LogP contribution in [0.1, 0.15) is 12.8 Å². The van der Waals surface area contributed by atoms with Crippen LogP contribution in [0.5, 0.6) is 0 Å². The zero-order valence-corrected chi connectivity index (χ0v) is 19.3. The molecule has 1 aliphatic rings. The van der Waals surface area contributed by atoms with Gasteiger partial charge in [0.2, 0.25) is 5.91 Å². The van der Waals surface area contributed by atoms with Gasteiger partial charge >= 0.3 is 6.03 Å². The molecule has 3 heterocycles. The normalized spacial score (nSPS) is 14.7. The van der Waals surface area contributed by atoms with Crippen molar-refractivity contribution in [1.29, 1.82) is 0 Å². The Labute approximate surface area is 193 Å². The number of anilines is 3. The number of aromatic nitrogens is 1. The summed E-state index contributed by atoms with van der Waals surface area (Å²) in [5.74, 6) is -0.351. The Kier molecular flexibility index (Phi) is 6.72. The van der Waals surface area contributed by atoms with E-state index in [1.54, 1.807) is 22.4 Å². The van der Waals surface area contributed by atoms with Crippen molar-refractivity contribution in [3.05, 3.63) is 53.4 Å². The van der Waals surface area contributed by atoms with E-state index >= 15 is 0 Å². The Hall–Kier alpha value is -2.96. The second kappa shape index (κ2) is 9.67. The first kappa shape index (κ1) is 22.2. The number of piperidine rings is 1. The molecule has 0 radical (unpaired) electrons. The molecular weight excluding hydrogens is 470 g/mol. The number of hydrogen-bond donors (Lipinski definition) is 3. The summed E-state index contributed by atoms with van der Waals surface area (Å²) in [5.41, 5.74) is 0.515. The highest BCUT2D eigenvalue weighted by atomic mass is 32.2. The van der Waals surface area contributed by atoms with Crippen LogP contribution in [0.15, 0.2) is 58.3 Å². The van der Waals surface area contributed by atoms with Gasteiger partial charge in [-0.3, -0.25) is 14.8 Å². The zero-order valence-electron chi connectivity index (χ0n) is 16.9. The van der Waals surface area contributed by atoms with E-state index in [1.165, 1.54) is 41.0 Å². The van der Waals surface area contributed by atoms with Crippen LogP contribution < -0.4 is 15.4 Å². The summed E-state index contributed by atoms with van der Waals surface area (Å²) in [6.45, 7) is 0.990. The van der Waals surface area contributed by atoms with Gasteiger partial charge in [0.1, 0.15) is 0 Å². The predicted molar refractivity (Wildman–Crippen MR) is 126 cm³/mol.